The van der Waals surface area contributed by atoms with E-state index in [0.717, 1.165) is 24.4 Å². The number of aryl methyl sites for hydroxylation is 1. The molecule has 5 nitrogen and oxygen atoms in total. The minimum atomic E-state index is -0.200. The smallest absolute Gasteiger partial charge is 0.319 e. The molecule has 0 radical (unpaired) electrons. The van der Waals surface area contributed by atoms with Gasteiger partial charge in [0.15, 0.2) is 0 Å². The standard InChI is InChI=1S/C18H21N3O2/c1-13-11-16(7-9-19-13)21-18(22)20-12-15-8-10-23-17(15)14-5-3-2-4-6-14/h2-7,9,11,15,17H,8,10,12H2,1H3,(H2,19,20,21,22)/t15-,17-/m1/s1. The van der Waals surface area contributed by atoms with Crippen molar-refractivity contribution in [2.24, 2.45) is 5.92 Å². The lowest BCUT2D eigenvalue weighted by molar-refractivity contribution is 0.0911. The number of aromatic nitrogens is 1. The van der Waals surface area contributed by atoms with Crippen LogP contribution in [0.3, 0.4) is 0 Å². The third-order valence-corrected chi connectivity index (χ3v) is 4.02. The number of carbonyl (C=O) groups is 1. The summed E-state index contributed by atoms with van der Waals surface area (Å²) in [6.45, 7) is 3.22. The number of hydrogen-bond donors (Lipinski definition) is 2. The van der Waals surface area contributed by atoms with E-state index < -0.39 is 0 Å². The maximum absolute atomic E-state index is 12.0. The summed E-state index contributed by atoms with van der Waals surface area (Å²) in [4.78, 5) is 16.2. The van der Waals surface area contributed by atoms with Crippen LogP contribution in [-0.4, -0.2) is 24.2 Å². The molecule has 3 rings (SSSR count). The summed E-state index contributed by atoms with van der Waals surface area (Å²) in [6.07, 6.45) is 2.69. The molecular formula is C18H21N3O2. The number of carbonyl (C=O) groups excluding carboxylic acids is 1. The number of nitrogens with one attached hydrogen (secondary N) is 2. The van der Waals surface area contributed by atoms with Crippen molar-refractivity contribution in [1.29, 1.82) is 0 Å². The van der Waals surface area contributed by atoms with E-state index in [9.17, 15) is 4.79 Å². The number of nitrogens with zero attached hydrogens (tertiary/aromatic N) is 1. The molecular weight excluding hydrogens is 290 g/mol. The predicted molar refractivity (Wildman–Crippen MR) is 89.2 cm³/mol. The minimum Gasteiger partial charge on any atom is -0.373 e. The Kier molecular flexibility index (Phi) is 4.88. The Morgan fingerprint density at radius 2 is 2.13 bits per heavy atom. The number of ether oxygens (including phenoxy) is 1. The minimum absolute atomic E-state index is 0.0552. The van der Waals surface area contributed by atoms with Gasteiger partial charge in [0.1, 0.15) is 0 Å². The van der Waals surface area contributed by atoms with Crippen LogP contribution in [-0.2, 0) is 4.74 Å². The molecule has 1 aromatic heterocycles. The highest BCUT2D eigenvalue weighted by Crippen LogP contribution is 2.33. The van der Waals surface area contributed by atoms with Gasteiger partial charge in [-0.15, -0.1) is 0 Å². The zero-order valence-electron chi connectivity index (χ0n) is 13.2. The average Bonchev–Trinajstić information content (AvgIpc) is 3.02. The molecule has 5 heteroatoms. The van der Waals surface area contributed by atoms with Gasteiger partial charge in [0.05, 0.1) is 6.10 Å². The highest BCUT2D eigenvalue weighted by Gasteiger charge is 2.29. The van der Waals surface area contributed by atoms with Crippen LogP contribution in [0.4, 0.5) is 10.5 Å². The summed E-state index contributed by atoms with van der Waals surface area (Å²) in [7, 11) is 0. The molecule has 2 heterocycles. The fraction of sp³-hybridized carbons (Fsp3) is 0.333. The summed E-state index contributed by atoms with van der Waals surface area (Å²) in [6, 6.07) is 13.6. The van der Waals surface area contributed by atoms with Crippen LogP contribution in [0.15, 0.2) is 48.7 Å². The Bertz CT molecular complexity index is 660. The second-order valence-corrected chi connectivity index (χ2v) is 5.77. The van der Waals surface area contributed by atoms with E-state index in [1.54, 1.807) is 12.3 Å². The number of amides is 2. The van der Waals surface area contributed by atoms with Crippen molar-refractivity contribution >= 4 is 11.7 Å². The Hall–Kier alpha value is -2.40. The number of anilines is 1. The van der Waals surface area contributed by atoms with Gasteiger partial charge < -0.3 is 15.4 Å². The normalized spacial score (nSPS) is 20.2. The molecule has 0 unspecified atom stereocenters. The summed E-state index contributed by atoms with van der Waals surface area (Å²) in [5, 5.41) is 5.77. The molecule has 23 heavy (non-hydrogen) atoms. The second kappa shape index (κ2) is 7.24. The maximum Gasteiger partial charge on any atom is 0.319 e. The lowest BCUT2D eigenvalue weighted by atomic mass is 9.95. The highest BCUT2D eigenvalue weighted by atomic mass is 16.5. The van der Waals surface area contributed by atoms with Crippen molar-refractivity contribution in [1.82, 2.24) is 10.3 Å². The molecule has 2 atom stereocenters. The van der Waals surface area contributed by atoms with E-state index in [4.69, 9.17) is 4.74 Å². The first-order valence-electron chi connectivity index (χ1n) is 7.86. The molecule has 120 valence electrons. The second-order valence-electron chi connectivity index (χ2n) is 5.77. The summed E-state index contributed by atoms with van der Waals surface area (Å²) in [5.74, 6) is 0.294. The fourth-order valence-electron chi connectivity index (χ4n) is 2.88. The summed E-state index contributed by atoms with van der Waals surface area (Å²) < 4.78 is 5.84. The maximum atomic E-state index is 12.0. The van der Waals surface area contributed by atoms with Crippen LogP contribution in [0.2, 0.25) is 0 Å². The van der Waals surface area contributed by atoms with Crippen molar-refractivity contribution in [3.8, 4) is 0 Å². The lowest BCUT2D eigenvalue weighted by Crippen LogP contribution is -2.34. The third kappa shape index (κ3) is 4.07. The van der Waals surface area contributed by atoms with Gasteiger partial charge in [-0.3, -0.25) is 4.98 Å². The van der Waals surface area contributed by atoms with Crippen molar-refractivity contribution in [2.75, 3.05) is 18.5 Å². The van der Waals surface area contributed by atoms with E-state index >= 15 is 0 Å². The van der Waals surface area contributed by atoms with Crippen LogP contribution in [0, 0.1) is 12.8 Å². The first-order chi connectivity index (χ1) is 11.2. The summed E-state index contributed by atoms with van der Waals surface area (Å²) >= 11 is 0. The third-order valence-electron chi connectivity index (χ3n) is 4.02. The predicted octanol–water partition coefficient (Wildman–Crippen LogP) is 3.29. The molecule has 2 amide bonds. The van der Waals surface area contributed by atoms with Gasteiger partial charge in [-0.05, 0) is 31.0 Å². The van der Waals surface area contributed by atoms with Gasteiger partial charge in [-0.1, -0.05) is 30.3 Å². The van der Waals surface area contributed by atoms with Gasteiger partial charge in [-0.2, -0.15) is 0 Å². The van der Waals surface area contributed by atoms with Gasteiger partial charge in [0.25, 0.3) is 0 Å². The lowest BCUT2D eigenvalue weighted by Gasteiger charge is -2.19. The first kappa shape index (κ1) is 15.5. The van der Waals surface area contributed by atoms with E-state index in [1.807, 2.05) is 31.2 Å². The number of benzene rings is 1. The quantitative estimate of drug-likeness (QED) is 0.910. The first-order valence-corrected chi connectivity index (χ1v) is 7.86. The van der Waals surface area contributed by atoms with Crippen molar-refractivity contribution in [2.45, 2.75) is 19.4 Å². The van der Waals surface area contributed by atoms with Crippen LogP contribution in [0.5, 0.6) is 0 Å². The molecule has 0 spiro atoms. The molecule has 1 aromatic carbocycles. The van der Waals surface area contributed by atoms with Gasteiger partial charge in [-0.25, -0.2) is 4.79 Å². The average molecular weight is 311 g/mol. The van der Waals surface area contributed by atoms with Crippen molar-refractivity contribution in [3.63, 3.8) is 0 Å². The van der Waals surface area contributed by atoms with Crippen LogP contribution in [0.1, 0.15) is 23.8 Å². The highest BCUT2D eigenvalue weighted by molar-refractivity contribution is 5.89. The van der Waals surface area contributed by atoms with Crippen LogP contribution in [0.25, 0.3) is 0 Å². The largest absolute Gasteiger partial charge is 0.373 e. The Balaban J connectivity index is 1.54. The number of rotatable bonds is 4. The van der Waals surface area contributed by atoms with Gasteiger partial charge in [0.2, 0.25) is 0 Å². The monoisotopic (exact) mass is 311 g/mol. The number of pyridine rings is 1. The zero-order chi connectivity index (χ0) is 16.1. The molecule has 0 bridgehead atoms. The topological polar surface area (TPSA) is 63.2 Å². The van der Waals surface area contributed by atoms with Crippen LogP contribution >= 0.6 is 0 Å². The van der Waals surface area contributed by atoms with Gasteiger partial charge in [0, 0.05) is 36.6 Å². The molecule has 2 aromatic rings. The van der Waals surface area contributed by atoms with E-state index in [1.165, 1.54) is 5.56 Å². The Morgan fingerprint density at radius 1 is 1.30 bits per heavy atom. The Morgan fingerprint density at radius 3 is 2.91 bits per heavy atom. The molecule has 1 saturated heterocycles. The van der Waals surface area contributed by atoms with Gasteiger partial charge >= 0.3 is 6.03 Å². The molecule has 0 saturated carbocycles. The number of hydrogen-bond acceptors (Lipinski definition) is 3. The molecule has 1 aliphatic rings. The van der Waals surface area contributed by atoms with Crippen LogP contribution < -0.4 is 10.6 Å². The van der Waals surface area contributed by atoms with E-state index in [-0.39, 0.29) is 12.1 Å². The SMILES string of the molecule is Cc1cc(NC(=O)NC[C@H]2CCO[C@@H]2c2ccccc2)ccn1. The van der Waals surface area contributed by atoms with Crippen molar-refractivity contribution < 1.29 is 9.53 Å². The molecule has 1 aliphatic heterocycles. The van der Waals surface area contributed by atoms with E-state index in [2.05, 4.69) is 27.8 Å². The van der Waals surface area contributed by atoms with Crippen molar-refractivity contribution in [3.05, 3.63) is 59.9 Å². The fourth-order valence-corrected chi connectivity index (χ4v) is 2.88. The number of urea groups is 1. The molecule has 1 fully saturated rings. The Labute approximate surface area is 136 Å². The summed E-state index contributed by atoms with van der Waals surface area (Å²) in [5.41, 5.74) is 2.79. The van der Waals surface area contributed by atoms with E-state index in [0.29, 0.717) is 12.5 Å². The molecule has 2 N–H and O–H groups in total. The zero-order valence-corrected chi connectivity index (χ0v) is 13.2. The molecule has 0 aliphatic carbocycles.